The van der Waals surface area contributed by atoms with Crippen molar-refractivity contribution < 1.29 is 0 Å². The van der Waals surface area contributed by atoms with Crippen molar-refractivity contribution in [2.45, 2.75) is 0 Å². The molecule has 4 aromatic heterocycles. The third kappa shape index (κ3) is 3.69. The van der Waals surface area contributed by atoms with Gasteiger partial charge in [-0.05, 0) is 41.3 Å². The molecule has 4 heterocycles. The molecule has 0 bridgehead atoms. The van der Waals surface area contributed by atoms with Crippen LogP contribution in [0.4, 0.5) is 0 Å². The number of para-hydroxylation sites is 1. The molecule has 0 spiro atoms. The maximum Gasteiger partial charge on any atom is 0.0979 e. The summed E-state index contributed by atoms with van der Waals surface area (Å²) in [5, 5.41) is 5.45. The highest BCUT2D eigenvalue weighted by atomic mass is 14.8. The Bertz CT molecular complexity index is 2220. The molecule has 4 aromatic carbocycles. The van der Waals surface area contributed by atoms with Crippen LogP contribution in [0.15, 0.2) is 134 Å². The first-order valence-electron chi connectivity index (χ1n) is 13.3. The molecule has 0 atom stereocenters. The molecule has 0 unspecified atom stereocenters. The van der Waals surface area contributed by atoms with Crippen LogP contribution in [0.25, 0.3) is 77.1 Å². The molecule has 0 saturated heterocycles. The third-order valence-corrected chi connectivity index (χ3v) is 7.57. The van der Waals surface area contributed by atoms with Gasteiger partial charge in [-0.15, -0.1) is 0 Å². The number of pyridine rings is 4. The van der Waals surface area contributed by atoms with Crippen molar-refractivity contribution in [3.05, 3.63) is 134 Å². The first kappa shape index (κ1) is 22.5. The first-order chi connectivity index (χ1) is 19.8. The highest BCUT2D eigenvalue weighted by Gasteiger charge is 2.16. The molecule has 0 aliphatic carbocycles. The van der Waals surface area contributed by atoms with Crippen molar-refractivity contribution in [3.8, 4) is 33.6 Å². The number of fused-ring (bicyclic) bond motifs is 5. The van der Waals surface area contributed by atoms with Gasteiger partial charge in [0, 0.05) is 56.8 Å². The SMILES string of the molecule is c1ccc(-c2cc(-c3cc4ccccc4cn3)c3ccc4c(-c5cnc6ccccc6c5)ccnc4c3n2)cc1. The Hall–Kier alpha value is -5.48. The summed E-state index contributed by atoms with van der Waals surface area (Å²) in [5.41, 5.74) is 8.75. The van der Waals surface area contributed by atoms with Crippen LogP contribution in [0.5, 0.6) is 0 Å². The first-order valence-corrected chi connectivity index (χ1v) is 13.3. The lowest BCUT2D eigenvalue weighted by Gasteiger charge is -2.14. The minimum Gasteiger partial charge on any atom is -0.256 e. The molecule has 0 radical (unpaired) electrons. The second-order valence-corrected chi connectivity index (χ2v) is 9.97. The molecular formula is C36H22N4. The van der Waals surface area contributed by atoms with Crippen LogP contribution in [0.1, 0.15) is 0 Å². The fourth-order valence-corrected chi connectivity index (χ4v) is 5.57. The van der Waals surface area contributed by atoms with Gasteiger partial charge in [-0.2, -0.15) is 0 Å². The van der Waals surface area contributed by atoms with Crippen LogP contribution >= 0.6 is 0 Å². The molecule has 0 N–H and O–H groups in total. The summed E-state index contributed by atoms with van der Waals surface area (Å²) in [4.78, 5) is 19.7. The zero-order valence-electron chi connectivity index (χ0n) is 21.5. The van der Waals surface area contributed by atoms with Crippen LogP contribution in [-0.4, -0.2) is 19.9 Å². The number of hydrogen-bond donors (Lipinski definition) is 0. The third-order valence-electron chi connectivity index (χ3n) is 7.57. The van der Waals surface area contributed by atoms with Gasteiger partial charge in [-0.25, -0.2) is 4.98 Å². The molecule has 4 nitrogen and oxygen atoms in total. The number of hydrogen-bond acceptors (Lipinski definition) is 4. The molecule has 0 aliphatic rings. The van der Waals surface area contributed by atoms with Gasteiger partial charge in [-0.1, -0.05) is 84.9 Å². The van der Waals surface area contributed by atoms with Crippen molar-refractivity contribution >= 4 is 43.5 Å². The number of nitrogens with zero attached hydrogens (tertiary/aromatic N) is 4. The molecule has 8 aromatic rings. The van der Waals surface area contributed by atoms with Gasteiger partial charge in [0.2, 0.25) is 0 Å². The number of aromatic nitrogens is 4. The summed E-state index contributed by atoms with van der Waals surface area (Å²) < 4.78 is 0. The summed E-state index contributed by atoms with van der Waals surface area (Å²) in [6, 6.07) is 39.7. The Morgan fingerprint density at radius 3 is 2.05 bits per heavy atom. The maximum absolute atomic E-state index is 5.20. The molecule has 8 rings (SSSR count). The van der Waals surface area contributed by atoms with Gasteiger partial charge in [0.25, 0.3) is 0 Å². The van der Waals surface area contributed by atoms with Gasteiger partial charge in [0.1, 0.15) is 0 Å². The summed E-state index contributed by atoms with van der Waals surface area (Å²) >= 11 is 0. The molecule has 40 heavy (non-hydrogen) atoms. The van der Waals surface area contributed by atoms with Crippen molar-refractivity contribution in [1.29, 1.82) is 0 Å². The topological polar surface area (TPSA) is 51.6 Å². The fraction of sp³-hybridized carbons (Fsp3) is 0. The van der Waals surface area contributed by atoms with E-state index in [4.69, 9.17) is 19.9 Å². The van der Waals surface area contributed by atoms with Crippen LogP contribution in [0, 0.1) is 0 Å². The Morgan fingerprint density at radius 1 is 0.425 bits per heavy atom. The Kier molecular flexibility index (Phi) is 5.10. The van der Waals surface area contributed by atoms with Crippen LogP contribution in [0.2, 0.25) is 0 Å². The van der Waals surface area contributed by atoms with Gasteiger partial charge in [0.15, 0.2) is 0 Å². The minimum absolute atomic E-state index is 0.861. The van der Waals surface area contributed by atoms with E-state index in [2.05, 4.69) is 72.8 Å². The summed E-state index contributed by atoms with van der Waals surface area (Å²) in [7, 11) is 0. The second-order valence-electron chi connectivity index (χ2n) is 9.97. The van der Waals surface area contributed by atoms with E-state index < -0.39 is 0 Å². The quantitative estimate of drug-likeness (QED) is 0.223. The van der Waals surface area contributed by atoms with Gasteiger partial charge < -0.3 is 0 Å². The summed E-state index contributed by atoms with van der Waals surface area (Å²) in [6.45, 7) is 0. The second kappa shape index (κ2) is 9.07. The van der Waals surface area contributed by atoms with Gasteiger partial charge in [0.05, 0.1) is 27.9 Å². The maximum atomic E-state index is 5.20. The van der Waals surface area contributed by atoms with E-state index in [-0.39, 0.29) is 0 Å². The van der Waals surface area contributed by atoms with Gasteiger partial charge in [-0.3, -0.25) is 15.0 Å². The van der Waals surface area contributed by atoms with E-state index in [1.807, 2.05) is 61.1 Å². The van der Waals surface area contributed by atoms with E-state index in [1.165, 1.54) is 0 Å². The molecule has 4 heteroatoms. The lowest BCUT2D eigenvalue weighted by molar-refractivity contribution is 1.34. The van der Waals surface area contributed by atoms with Crippen LogP contribution in [-0.2, 0) is 0 Å². The monoisotopic (exact) mass is 510 g/mol. The van der Waals surface area contributed by atoms with Crippen LogP contribution in [0.3, 0.4) is 0 Å². The standard InChI is InChI=1S/C36H22N4/c1-2-8-23(9-3-1)33-20-31(34-19-24-10-4-5-12-26(24)21-39-34)30-15-14-29-28(16-17-37-35(29)36(30)40-33)27-18-25-11-6-7-13-32(25)38-22-27/h1-22H. The lowest BCUT2D eigenvalue weighted by Crippen LogP contribution is -1.95. The smallest absolute Gasteiger partial charge is 0.0979 e. The number of rotatable bonds is 3. The normalized spacial score (nSPS) is 11.5. The number of benzene rings is 4. The zero-order valence-corrected chi connectivity index (χ0v) is 21.5. The highest BCUT2D eigenvalue weighted by Crippen LogP contribution is 2.37. The largest absolute Gasteiger partial charge is 0.256 e. The molecule has 0 amide bonds. The summed E-state index contributed by atoms with van der Waals surface area (Å²) in [5.74, 6) is 0. The van der Waals surface area contributed by atoms with E-state index in [9.17, 15) is 0 Å². The van der Waals surface area contributed by atoms with E-state index in [1.54, 1.807) is 0 Å². The molecule has 0 saturated carbocycles. The molecule has 0 aliphatic heterocycles. The Morgan fingerprint density at radius 2 is 1.18 bits per heavy atom. The van der Waals surface area contributed by atoms with Crippen molar-refractivity contribution in [2.75, 3.05) is 0 Å². The Balaban J connectivity index is 1.42. The average molecular weight is 511 g/mol. The van der Waals surface area contributed by atoms with Crippen molar-refractivity contribution in [2.24, 2.45) is 0 Å². The lowest BCUT2D eigenvalue weighted by atomic mass is 9.96. The predicted octanol–water partition coefficient (Wildman–Crippen LogP) is 8.88. The molecule has 186 valence electrons. The molecular weight excluding hydrogens is 488 g/mol. The van der Waals surface area contributed by atoms with E-state index in [0.29, 0.717) is 0 Å². The average Bonchev–Trinajstić information content (AvgIpc) is 3.03. The van der Waals surface area contributed by atoms with Gasteiger partial charge >= 0.3 is 0 Å². The van der Waals surface area contributed by atoms with E-state index in [0.717, 1.165) is 77.1 Å². The Labute approximate surface area is 230 Å². The minimum atomic E-state index is 0.861. The molecule has 0 fully saturated rings. The van der Waals surface area contributed by atoms with Crippen molar-refractivity contribution in [1.82, 2.24) is 19.9 Å². The van der Waals surface area contributed by atoms with E-state index >= 15 is 0 Å². The fourth-order valence-electron chi connectivity index (χ4n) is 5.57. The zero-order chi connectivity index (χ0) is 26.5. The predicted molar refractivity (Wildman–Crippen MR) is 164 cm³/mol. The van der Waals surface area contributed by atoms with Crippen molar-refractivity contribution in [3.63, 3.8) is 0 Å². The highest BCUT2D eigenvalue weighted by molar-refractivity contribution is 6.12. The summed E-state index contributed by atoms with van der Waals surface area (Å²) in [6.07, 6.45) is 5.76. The van der Waals surface area contributed by atoms with Crippen LogP contribution < -0.4 is 0 Å².